The Labute approximate surface area is 99.7 Å². The van der Waals surface area contributed by atoms with Crippen molar-refractivity contribution in [1.29, 1.82) is 0 Å². The molecular formula is C13H26N2O. The van der Waals surface area contributed by atoms with Gasteiger partial charge >= 0.3 is 0 Å². The molecule has 3 nitrogen and oxygen atoms in total. The molecule has 16 heavy (non-hydrogen) atoms. The lowest BCUT2D eigenvalue weighted by atomic mass is 9.86. The van der Waals surface area contributed by atoms with Gasteiger partial charge in [0.25, 0.3) is 0 Å². The Bertz CT molecular complexity index is 230. The van der Waals surface area contributed by atoms with E-state index in [-0.39, 0.29) is 0 Å². The van der Waals surface area contributed by atoms with E-state index in [1.54, 1.807) is 0 Å². The summed E-state index contributed by atoms with van der Waals surface area (Å²) in [6, 6.07) is 0.750. The zero-order valence-electron chi connectivity index (χ0n) is 11.0. The molecule has 3 rings (SSSR count). The fourth-order valence-corrected chi connectivity index (χ4v) is 3.21. The van der Waals surface area contributed by atoms with Crippen molar-refractivity contribution in [3.8, 4) is 0 Å². The van der Waals surface area contributed by atoms with E-state index in [2.05, 4.69) is 16.8 Å². The minimum atomic E-state index is 0.643. The van der Waals surface area contributed by atoms with Crippen LogP contribution in [-0.4, -0.2) is 62.3 Å². The normalized spacial score (nSPS) is 36.2. The van der Waals surface area contributed by atoms with Crippen LogP contribution in [0.1, 0.15) is 26.7 Å². The van der Waals surface area contributed by atoms with Crippen LogP contribution in [0, 0.1) is 5.41 Å². The largest absolute Gasteiger partial charge is 0.378 e. The molecular weight excluding hydrogens is 200 g/mol. The molecule has 3 aliphatic heterocycles. The van der Waals surface area contributed by atoms with Gasteiger partial charge in [0.2, 0.25) is 0 Å². The van der Waals surface area contributed by atoms with Gasteiger partial charge in [0.15, 0.2) is 0 Å². The second-order valence-electron chi connectivity index (χ2n) is 5.40. The van der Waals surface area contributed by atoms with Gasteiger partial charge in [0, 0.05) is 13.1 Å². The van der Waals surface area contributed by atoms with Crippen LogP contribution < -0.4 is 0 Å². The Morgan fingerprint density at radius 3 is 2.25 bits per heavy atom. The Balaban J connectivity index is 0.000000457. The maximum absolute atomic E-state index is 5.27. The number of hydrogen-bond donors (Lipinski definition) is 0. The molecule has 0 aromatic rings. The molecule has 3 aliphatic rings. The number of likely N-dealkylation sites (tertiary alicyclic amines) is 2. The zero-order valence-corrected chi connectivity index (χ0v) is 11.0. The summed E-state index contributed by atoms with van der Waals surface area (Å²) < 4.78 is 5.27. The maximum Gasteiger partial charge on any atom is 0.0645 e. The standard InChI is InChI=1S/C11H20N2O.C2H6/c1-12-4-2-11(8-12)3-5-13(9-11)10-6-14-7-10;1-2/h10H,2-9H2,1H3;1-2H3. The minimum Gasteiger partial charge on any atom is -0.378 e. The first kappa shape index (κ1) is 12.3. The molecule has 0 aromatic carbocycles. The van der Waals surface area contributed by atoms with Crippen molar-refractivity contribution in [1.82, 2.24) is 9.80 Å². The third-order valence-corrected chi connectivity index (χ3v) is 4.23. The predicted molar refractivity (Wildman–Crippen MR) is 66.7 cm³/mol. The Kier molecular flexibility index (Phi) is 3.88. The van der Waals surface area contributed by atoms with Crippen LogP contribution in [0.25, 0.3) is 0 Å². The van der Waals surface area contributed by atoms with Crippen molar-refractivity contribution in [3.63, 3.8) is 0 Å². The van der Waals surface area contributed by atoms with Crippen molar-refractivity contribution in [2.45, 2.75) is 32.7 Å². The summed E-state index contributed by atoms with van der Waals surface area (Å²) >= 11 is 0. The van der Waals surface area contributed by atoms with Crippen molar-refractivity contribution >= 4 is 0 Å². The molecule has 94 valence electrons. The molecule has 1 atom stereocenters. The summed E-state index contributed by atoms with van der Waals surface area (Å²) in [4.78, 5) is 5.14. The smallest absolute Gasteiger partial charge is 0.0645 e. The zero-order chi connectivity index (χ0) is 11.6. The van der Waals surface area contributed by atoms with Gasteiger partial charge in [-0.25, -0.2) is 0 Å². The van der Waals surface area contributed by atoms with Gasteiger partial charge in [-0.2, -0.15) is 0 Å². The topological polar surface area (TPSA) is 15.7 Å². The van der Waals surface area contributed by atoms with Crippen LogP contribution in [0.2, 0.25) is 0 Å². The minimum absolute atomic E-state index is 0.643. The number of nitrogens with zero attached hydrogens (tertiary/aromatic N) is 2. The van der Waals surface area contributed by atoms with Crippen LogP contribution in [0.3, 0.4) is 0 Å². The summed E-state index contributed by atoms with van der Waals surface area (Å²) in [6.45, 7) is 11.2. The number of hydrogen-bond acceptors (Lipinski definition) is 3. The highest BCUT2D eigenvalue weighted by Gasteiger charge is 2.44. The summed E-state index contributed by atoms with van der Waals surface area (Å²) in [6.07, 6.45) is 2.82. The van der Waals surface area contributed by atoms with E-state index in [1.807, 2.05) is 13.8 Å². The van der Waals surface area contributed by atoms with Crippen LogP contribution in [0.5, 0.6) is 0 Å². The molecule has 0 amide bonds. The lowest BCUT2D eigenvalue weighted by molar-refractivity contribution is -0.0599. The van der Waals surface area contributed by atoms with Gasteiger partial charge in [-0.1, -0.05) is 13.8 Å². The molecule has 1 spiro atoms. The first-order valence-electron chi connectivity index (χ1n) is 6.78. The quantitative estimate of drug-likeness (QED) is 0.673. The Hall–Kier alpha value is -0.120. The summed E-state index contributed by atoms with van der Waals surface area (Å²) in [7, 11) is 2.25. The van der Waals surface area contributed by atoms with Crippen molar-refractivity contribution < 1.29 is 4.74 Å². The molecule has 3 heteroatoms. The average molecular weight is 226 g/mol. The number of ether oxygens (including phenoxy) is 1. The Morgan fingerprint density at radius 1 is 1.06 bits per heavy atom. The van der Waals surface area contributed by atoms with E-state index >= 15 is 0 Å². The molecule has 0 bridgehead atoms. The first-order chi connectivity index (χ1) is 7.77. The first-order valence-corrected chi connectivity index (χ1v) is 6.78. The molecule has 3 fully saturated rings. The predicted octanol–water partition coefficient (Wildman–Crippen LogP) is 1.44. The molecule has 0 aliphatic carbocycles. The SMILES string of the molecule is CC.CN1CCC2(CCN(C3COC3)C2)C1. The summed E-state index contributed by atoms with van der Waals surface area (Å²) in [5, 5.41) is 0. The van der Waals surface area contributed by atoms with Gasteiger partial charge in [-0.05, 0) is 38.4 Å². The van der Waals surface area contributed by atoms with E-state index in [1.165, 1.54) is 39.0 Å². The summed E-state index contributed by atoms with van der Waals surface area (Å²) in [5.41, 5.74) is 0.643. The molecule has 0 N–H and O–H groups in total. The van der Waals surface area contributed by atoms with Gasteiger partial charge in [0.05, 0.1) is 19.3 Å². The van der Waals surface area contributed by atoms with Crippen molar-refractivity contribution in [2.75, 3.05) is 46.4 Å². The van der Waals surface area contributed by atoms with E-state index in [4.69, 9.17) is 4.74 Å². The molecule has 0 aromatic heterocycles. The van der Waals surface area contributed by atoms with Gasteiger partial charge in [-0.3, -0.25) is 4.90 Å². The van der Waals surface area contributed by atoms with E-state index in [0.29, 0.717) is 5.41 Å². The lowest BCUT2D eigenvalue weighted by Gasteiger charge is -2.35. The third kappa shape index (κ3) is 2.27. The Morgan fingerprint density at radius 2 is 1.75 bits per heavy atom. The highest BCUT2D eigenvalue weighted by Crippen LogP contribution is 2.40. The monoisotopic (exact) mass is 226 g/mol. The molecule has 1 unspecified atom stereocenters. The van der Waals surface area contributed by atoms with Crippen molar-refractivity contribution in [3.05, 3.63) is 0 Å². The van der Waals surface area contributed by atoms with E-state index in [9.17, 15) is 0 Å². The lowest BCUT2D eigenvalue weighted by Crippen LogP contribution is -2.48. The molecule has 3 saturated heterocycles. The average Bonchev–Trinajstić information content (AvgIpc) is 2.76. The number of rotatable bonds is 1. The molecule has 3 heterocycles. The van der Waals surface area contributed by atoms with Crippen LogP contribution in [0.15, 0.2) is 0 Å². The fourth-order valence-electron chi connectivity index (χ4n) is 3.21. The van der Waals surface area contributed by atoms with Crippen LogP contribution in [-0.2, 0) is 4.74 Å². The maximum atomic E-state index is 5.27. The molecule has 0 radical (unpaired) electrons. The second-order valence-corrected chi connectivity index (χ2v) is 5.40. The fraction of sp³-hybridized carbons (Fsp3) is 1.00. The second kappa shape index (κ2) is 5.03. The highest BCUT2D eigenvalue weighted by atomic mass is 16.5. The molecule has 0 saturated carbocycles. The van der Waals surface area contributed by atoms with Gasteiger partial charge in [0.1, 0.15) is 0 Å². The third-order valence-electron chi connectivity index (χ3n) is 4.23. The van der Waals surface area contributed by atoms with Crippen LogP contribution in [0.4, 0.5) is 0 Å². The van der Waals surface area contributed by atoms with Gasteiger partial charge in [-0.15, -0.1) is 0 Å². The van der Waals surface area contributed by atoms with E-state index in [0.717, 1.165) is 19.3 Å². The van der Waals surface area contributed by atoms with E-state index < -0.39 is 0 Å². The highest BCUT2D eigenvalue weighted by molar-refractivity contribution is 4.98. The van der Waals surface area contributed by atoms with Crippen molar-refractivity contribution in [2.24, 2.45) is 5.41 Å². The van der Waals surface area contributed by atoms with Crippen LogP contribution >= 0.6 is 0 Å². The van der Waals surface area contributed by atoms with Gasteiger partial charge < -0.3 is 9.64 Å². The summed E-state index contributed by atoms with van der Waals surface area (Å²) in [5.74, 6) is 0.